The maximum Gasteiger partial charge on any atom is 0.263 e. The van der Waals surface area contributed by atoms with E-state index >= 15 is 0 Å². The van der Waals surface area contributed by atoms with Crippen molar-refractivity contribution in [1.29, 1.82) is 0 Å². The summed E-state index contributed by atoms with van der Waals surface area (Å²) in [6.45, 7) is 0. The molecule has 0 bridgehead atoms. The Balaban J connectivity index is 1.89. The largest absolute Gasteiger partial charge is 0.263 e. The molecule has 0 saturated carbocycles. The summed E-state index contributed by atoms with van der Waals surface area (Å²) in [6, 6.07) is 8.25. The van der Waals surface area contributed by atoms with Gasteiger partial charge in [-0.2, -0.15) is 0 Å². The van der Waals surface area contributed by atoms with Crippen molar-refractivity contribution in [3.8, 4) is 0 Å². The SMILES string of the molecule is O=S(=O)(Nc1ccc(Cl)nn1)c1ccc2c(c1)CCCC2. The van der Waals surface area contributed by atoms with Crippen LogP contribution in [0.5, 0.6) is 0 Å². The van der Waals surface area contributed by atoms with Crippen LogP contribution in [0.4, 0.5) is 5.82 Å². The minimum Gasteiger partial charge on any atom is -0.262 e. The van der Waals surface area contributed by atoms with Gasteiger partial charge in [-0.1, -0.05) is 17.7 Å². The third-order valence-corrected chi connectivity index (χ3v) is 5.06. The minimum atomic E-state index is -3.66. The normalized spacial score (nSPS) is 14.5. The molecular formula is C14H14ClN3O2S. The third kappa shape index (κ3) is 3.16. The molecule has 110 valence electrons. The topological polar surface area (TPSA) is 72.0 Å². The number of hydrogen-bond donors (Lipinski definition) is 1. The predicted octanol–water partition coefficient (Wildman–Crippen LogP) is 2.81. The first-order valence-electron chi connectivity index (χ1n) is 6.68. The van der Waals surface area contributed by atoms with Crippen LogP contribution in [0.1, 0.15) is 24.0 Å². The summed E-state index contributed by atoms with van der Waals surface area (Å²) < 4.78 is 27.1. The van der Waals surface area contributed by atoms with Crippen molar-refractivity contribution in [1.82, 2.24) is 10.2 Å². The highest BCUT2D eigenvalue weighted by Crippen LogP contribution is 2.25. The molecule has 0 spiro atoms. The van der Waals surface area contributed by atoms with E-state index in [0.29, 0.717) is 0 Å². The number of aryl methyl sites for hydroxylation is 2. The molecule has 1 heterocycles. The molecule has 1 aromatic heterocycles. The molecule has 0 unspecified atom stereocenters. The fourth-order valence-corrected chi connectivity index (χ4v) is 3.59. The number of aromatic nitrogens is 2. The van der Waals surface area contributed by atoms with E-state index in [-0.39, 0.29) is 15.9 Å². The van der Waals surface area contributed by atoms with Gasteiger partial charge in [0, 0.05) is 0 Å². The van der Waals surface area contributed by atoms with Gasteiger partial charge in [-0.3, -0.25) is 4.72 Å². The van der Waals surface area contributed by atoms with Crippen molar-refractivity contribution in [3.05, 3.63) is 46.6 Å². The molecule has 2 aromatic rings. The lowest BCUT2D eigenvalue weighted by Gasteiger charge is -2.16. The van der Waals surface area contributed by atoms with Gasteiger partial charge in [0.15, 0.2) is 11.0 Å². The summed E-state index contributed by atoms with van der Waals surface area (Å²) in [4.78, 5) is 0.250. The Morgan fingerprint density at radius 3 is 2.48 bits per heavy atom. The second-order valence-electron chi connectivity index (χ2n) is 4.98. The van der Waals surface area contributed by atoms with E-state index in [2.05, 4.69) is 14.9 Å². The maximum absolute atomic E-state index is 12.4. The van der Waals surface area contributed by atoms with Crippen LogP contribution >= 0.6 is 11.6 Å². The molecule has 1 N–H and O–H groups in total. The van der Waals surface area contributed by atoms with Gasteiger partial charge in [-0.15, -0.1) is 10.2 Å². The zero-order chi connectivity index (χ0) is 14.9. The average molecular weight is 324 g/mol. The van der Waals surface area contributed by atoms with Crippen molar-refractivity contribution in [3.63, 3.8) is 0 Å². The number of halogens is 1. The highest BCUT2D eigenvalue weighted by molar-refractivity contribution is 7.92. The van der Waals surface area contributed by atoms with E-state index in [1.165, 1.54) is 17.7 Å². The van der Waals surface area contributed by atoms with Gasteiger partial charge < -0.3 is 0 Å². The van der Waals surface area contributed by atoms with Crippen molar-refractivity contribution >= 4 is 27.4 Å². The Morgan fingerprint density at radius 2 is 1.76 bits per heavy atom. The molecule has 1 aliphatic rings. The van der Waals surface area contributed by atoms with Crippen molar-refractivity contribution in [2.24, 2.45) is 0 Å². The molecule has 0 fully saturated rings. The lowest BCUT2D eigenvalue weighted by atomic mass is 9.92. The van der Waals surface area contributed by atoms with E-state index in [9.17, 15) is 8.42 Å². The van der Waals surface area contributed by atoms with Gasteiger partial charge in [-0.05, 0) is 61.1 Å². The number of sulfonamides is 1. The highest BCUT2D eigenvalue weighted by atomic mass is 35.5. The summed E-state index contributed by atoms with van der Waals surface area (Å²) in [7, 11) is -3.66. The predicted molar refractivity (Wildman–Crippen MR) is 80.9 cm³/mol. The summed E-state index contributed by atoms with van der Waals surface area (Å²) in [5, 5.41) is 7.53. The minimum absolute atomic E-state index is 0.150. The Labute approximate surface area is 128 Å². The molecular weight excluding hydrogens is 310 g/mol. The van der Waals surface area contributed by atoms with Gasteiger partial charge in [0.25, 0.3) is 10.0 Å². The Kier molecular flexibility index (Phi) is 3.82. The Morgan fingerprint density at radius 1 is 1.00 bits per heavy atom. The Hall–Kier alpha value is -1.66. The van der Waals surface area contributed by atoms with Crippen molar-refractivity contribution < 1.29 is 8.42 Å². The molecule has 7 heteroatoms. The van der Waals surface area contributed by atoms with Crippen LogP contribution in [0.2, 0.25) is 5.15 Å². The van der Waals surface area contributed by atoms with Crippen LogP contribution in [-0.2, 0) is 22.9 Å². The van der Waals surface area contributed by atoms with Gasteiger partial charge in [0.05, 0.1) is 4.90 Å². The number of hydrogen-bond acceptors (Lipinski definition) is 4. The molecule has 0 aliphatic heterocycles. The second-order valence-corrected chi connectivity index (χ2v) is 7.05. The fourth-order valence-electron chi connectivity index (χ4n) is 2.44. The quantitative estimate of drug-likeness (QED) is 0.942. The molecule has 1 aromatic carbocycles. The lowest BCUT2D eigenvalue weighted by Crippen LogP contribution is -2.15. The molecule has 0 saturated heterocycles. The number of fused-ring (bicyclic) bond motifs is 1. The van der Waals surface area contributed by atoms with Crippen LogP contribution in [0.15, 0.2) is 35.2 Å². The van der Waals surface area contributed by atoms with Gasteiger partial charge >= 0.3 is 0 Å². The molecule has 21 heavy (non-hydrogen) atoms. The lowest BCUT2D eigenvalue weighted by molar-refractivity contribution is 0.600. The molecule has 1 aliphatic carbocycles. The van der Waals surface area contributed by atoms with Crippen LogP contribution < -0.4 is 4.72 Å². The summed E-state index contributed by atoms with van der Waals surface area (Å²) in [5.41, 5.74) is 2.36. The second kappa shape index (κ2) is 5.61. The van der Waals surface area contributed by atoms with E-state index in [0.717, 1.165) is 31.2 Å². The monoisotopic (exact) mass is 323 g/mol. The number of nitrogens with one attached hydrogen (secondary N) is 1. The smallest absolute Gasteiger partial charge is 0.262 e. The number of anilines is 1. The van der Waals surface area contributed by atoms with Gasteiger partial charge in [0.2, 0.25) is 0 Å². The molecule has 0 amide bonds. The van der Waals surface area contributed by atoms with E-state index in [1.807, 2.05) is 6.07 Å². The first-order chi connectivity index (χ1) is 10.0. The van der Waals surface area contributed by atoms with E-state index < -0.39 is 10.0 Å². The molecule has 0 radical (unpaired) electrons. The zero-order valence-electron chi connectivity index (χ0n) is 11.2. The van der Waals surface area contributed by atoms with E-state index in [4.69, 9.17) is 11.6 Å². The average Bonchev–Trinajstić information content (AvgIpc) is 2.49. The summed E-state index contributed by atoms with van der Waals surface area (Å²) in [5.74, 6) is 0.150. The third-order valence-electron chi connectivity index (χ3n) is 3.50. The van der Waals surface area contributed by atoms with Crippen LogP contribution in [0.25, 0.3) is 0 Å². The van der Waals surface area contributed by atoms with Crippen LogP contribution in [0.3, 0.4) is 0 Å². The summed E-state index contributed by atoms with van der Waals surface area (Å²) in [6.07, 6.45) is 4.22. The molecule has 3 rings (SSSR count). The van der Waals surface area contributed by atoms with Crippen LogP contribution in [0, 0.1) is 0 Å². The summed E-state index contributed by atoms with van der Waals surface area (Å²) >= 11 is 5.63. The van der Waals surface area contributed by atoms with Crippen molar-refractivity contribution in [2.75, 3.05) is 4.72 Å². The maximum atomic E-state index is 12.4. The van der Waals surface area contributed by atoms with Gasteiger partial charge in [-0.25, -0.2) is 8.42 Å². The molecule has 0 atom stereocenters. The standard InChI is InChI=1S/C14H14ClN3O2S/c15-13-7-8-14(17-16-13)18-21(19,20)12-6-5-10-3-1-2-4-11(10)9-12/h5-9H,1-4H2,(H,17,18). The first-order valence-corrected chi connectivity index (χ1v) is 8.54. The fraction of sp³-hybridized carbons (Fsp3) is 0.286. The zero-order valence-corrected chi connectivity index (χ0v) is 12.8. The number of benzene rings is 1. The number of rotatable bonds is 3. The first kappa shape index (κ1) is 14.3. The Bertz CT molecular complexity index is 760. The van der Waals surface area contributed by atoms with E-state index in [1.54, 1.807) is 12.1 Å². The van der Waals surface area contributed by atoms with Gasteiger partial charge in [0.1, 0.15) is 0 Å². The van der Waals surface area contributed by atoms with Crippen molar-refractivity contribution in [2.45, 2.75) is 30.6 Å². The number of nitrogens with zero attached hydrogens (tertiary/aromatic N) is 2. The highest BCUT2D eigenvalue weighted by Gasteiger charge is 2.18. The molecule has 5 nitrogen and oxygen atoms in total. The van der Waals surface area contributed by atoms with Crippen LogP contribution in [-0.4, -0.2) is 18.6 Å².